The number of anilines is 1. The van der Waals surface area contributed by atoms with Crippen LogP contribution in [-0.2, 0) is 21.4 Å². The topological polar surface area (TPSA) is 88.5 Å². The Morgan fingerprint density at radius 3 is 2.86 bits per heavy atom. The number of ether oxygens (including phenoxy) is 1. The molecule has 0 saturated carbocycles. The fourth-order valence-electron chi connectivity index (χ4n) is 2.95. The first-order valence-electron chi connectivity index (χ1n) is 8.86. The molecule has 1 aliphatic heterocycles. The number of nitrogens with one attached hydrogen (secondary N) is 2. The lowest BCUT2D eigenvalue weighted by molar-refractivity contribution is -0.123. The van der Waals surface area contributed by atoms with Gasteiger partial charge in [0.15, 0.2) is 0 Å². The van der Waals surface area contributed by atoms with Crippen LogP contribution in [0.4, 0.5) is 10.1 Å². The molecule has 2 atom stereocenters. The molecule has 1 aromatic heterocycles. The first-order chi connectivity index (χ1) is 13.8. The Balaban J connectivity index is 1.98. The molecular formula is C19H21ClFN5O3. The summed E-state index contributed by atoms with van der Waals surface area (Å²) in [6, 6.07) is 3.37. The van der Waals surface area contributed by atoms with E-state index in [1.54, 1.807) is 26.2 Å². The summed E-state index contributed by atoms with van der Waals surface area (Å²) in [4.78, 5) is 25.7. The normalized spacial score (nSPS) is 17.8. The van der Waals surface area contributed by atoms with E-state index in [4.69, 9.17) is 16.3 Å². The van der Waals surface area contributed by atoms with Crippen LogP contribution in [0.3, 0.4) is 0 Å². The van der Waals surface area contributed by atoms with Gasteiger partial charge in [0.2, 0.25) is 0 Å². The first-order valence-corrected chi connectivity index (χ1v) is 9.23. The molecule has 3 rings (SSSR count). The van der Waals surface area contributed by atoms with Gasteiger partial charge in [-0.25, -0.2) is 14.8 Å². The van der Waals surface area contributed by atoms with E-state index >= 15 is 0 Å². The minimum atomic E-state index is -0.641. The third-order valence-corrected chi connectivity index (χ3v) is 4.63. The molecule has 0 radical (unpaired) electrons. The lowest BCUT2D eigenvalue weighted by Crippen LogP contribution is -2.52. The van der Waals surface area contributed by atoms with Gasteiger partial charge >= 0.3 is 0 Å². The highest BCUT2D eigenvalue weighted by Crippen LogP contribution is 2.28. The highest BCUT2D eigenvalue weighted by molar-refractivity contribution is 6.30. The van der Waals surface area contributed by atoms with E-state index in [1.807, 2.05) is 0 Å². The third kappa shape index (κ3) is 4.64. The Morgan fingerprint density at radius 2 is 2.24 bits per heavy atom. The fourth-order valence-corrected chi connectivity index (χ4v) is 3.07. The van der Waals surface area contributed by atoms with E-state index in [0.29, 0.717) is 17.9 Å². The minimum absolute atomic E-state index is 0.0138. The van der Waals surface area contributed by atoms with E-state index in [0.717, 1.165) is 0 Å². The van der Waals surface area contributed by atoms with Crippen LogP contribution in [0.5, 0.6) is 0 Å². The molecule has 2 aromatic rings. The van der Waals surface area contributed by atoms with Crippen LogP contribution >= 0.6 is 11.6 Å². The van der Waals surface area contributed by atoms with Gasteiger partial charge in [0.05, 0.1) is 29.6 Å². The number of methoxy groups -OCH3 is 1. The van der Waals surface area contributed by atoms with Crippen molar-refractivity contribution in [3.05, 3.63) is 58.6 Å². The molecule has 1 unspecified atom stereocenters. The molecule has 154 valence electrons. The monoisotopic (exact) mass is 421 g/mol. The maximum absolute atomic E-state index is 14.0. The number of rotatable bonds is 6. The zero-order chi connectivity index (χ0) is 21.1. The van der Waals surface area contributed by atoms with Crippen LogP contribution < -0.4 is 15.8 Å². The number of nitrogens with zero attached hydrogens (tertiary/aromatic N) is 3. The van der Waals surface area contributed by atoms with Gasteiger partial charge in [-0.2, -0.15) is 5.10 Å². The van der Waals surface area contributed by atoms with Crippen LogP contribution in [0, 0.1) is 5.82 Å². The van der Waals surface area contributed by atoms with Crippen molar-refractivity contribution in [1.29, 1.82) is 0 Å². The van der Waals surface area contributed by atoms with Gasteiger partial charge in [0.25, 0.3) is 11.8 Å². The summed E-state index contributed by atoms with van der Waals surface area (Å²) in [6.07, 6.45) is 4.57. The van der Waals surface area contributed by atoms with Gasteiger partial charge in [-0.05, 0) is 30.7 Å². The zero-order valence-corrected chi connectivity index (χ0v) is 16.9. The molecule has 0 spiro atoms. The Bertz CT molecular complexity index is 961. The van der Waals surface area contributed by atoms with Crippen molar-refractivity contribution in [2.45, 2.75) is 19.0 Å². The van der Waals surface area contributed by atoms with Gasteiger partial charge in [-0.1, -0.05) is 17.7 Å². The summed E-state index contributed by atoms with van der Waals surface area (Å²) in [5, 5.41) is 8.00. The Labute approximate surface area is 172 Å². The summed E-state index contributed by atoms with van der Waals surface area (Å²) in [7, 11) is 3.23. The van der Waals surface area contributed by atoms with E-state index in [9.17, 15) is 14.0 Å². The van der Waals surface area contributed by atoms with E-state index in [-0.39, 0.29) is 16.6 Å². The van der Waals surface area contributed by atoms with Crippen LogP contribution in [0.1, 0.15) is 18.5 Å². The molecule has 1 aliphatic rings. The zero-order valence-electron chi connectivity index (χ0n) is 16.1. The molecule has 1 aromatic carbocycles. The fraction of sp³-hybridized carbons (Fsp3) is 0.316. The number of hydrogen-bond donors (Lipinski definition) is 2. The van der Waals surface area contributed by atoms with Crippen molar-refractivity contribution in [2.24, 2.45) is 7.05 Å². The molecule has 10 heteroatoms. The molecule has 0 saturated heterocycles. The van der Waals surface area contributed by atoms with Gasteiger partial charge in [0, 0.05) is 26.4 Å². The maximum Gasteiger partial charge on any atom is 0.278 e. The van der Waals surface area contributed by atoms with Crippen molar-refractivity contribution < 1.29 is 18.7 Å². The Hall–Kier alpha value is -2.75. The van der Waals surface area contributed by atoms with Crippen LogP contribution in [0.15, 0.2) is 42.2 Å². The van der Waals surface area contributed by atoms with Gasteiger partial charge in [-0.15, -0.1) is 0 Å². The molecule has 2 heterocycles. The third-order valence-electron chi connectivity index (χ3n) is 4.33. The quantitative estimate of drug-likeness (QED) is 0.695. The second-order valence-corrected chi connectivity index (χ2v) is 7.11. The molecule has 0 aliphatic carbocycles. The van der Waals surface area contributed by atoms with Crippen LogP contribution in [0.2, 0.25) is 5.02 Å². The lowest BCUT2D eigenvalue weighted by Gasteiger charge is -2.32. The van der Waals surface area contributed by atoms with Crippen molar-refractivity contribution in [3.8, 4) is 0 Å². The Morgan fingerprint density at radius 1 is 1.48 bits per heavy atom. The predicted molar refractivity (Wildman–Crippen MR) is 106 cm³/mol. The highest BCUT2D eigenvalue weighted by atomic mass is 35.5. The molecule has 0 fully saturated rings. The second-order valence-electron chi connectivity index (χ2n) is 6.70. The number of hydrogen-bond acceptors (Lipinski definition) is 5. The van der Waals surface area contributed by atoms with Gasteiger partial charge < -0.3 is 10.1 Å². The molecule has 8 nitrogen and oxygen atoms in total. The number of carbonyl (C=O) groups is 2. The number of halogens is 2. The smallest absolute Gasteiger partial charge is 0.278 e. The summed E-state index contributed by atoms with van der Waals surface area (Å²) < 4.78 is 20.5. The number of aromatic nitrogens is 2. The van der Waals surface area contributed by atoms with Crippen molar-refractivity contribution in [3.63, 3.8) is 0 Å². The number of amides is 2. The van der Waals surface area contributed by atoms with Gasteiger partial charge in [-0.3, -0.25) is 14.3 Å². The second kappa shape index (κ2) is 8.73. The first kappa shape index (κ1) is 21.0. The summed E-state index contributed by atoms with van der Waals surface area (Å²) in [5.41, 5.74) is 3.87. The SMILES string of the molecule is COC[C@H](C)NC(=O)C1=CC(c2ccc(Cl)c(F)c2)NN(c2cnn(C)c2)C1=O. The highest BCUT2D eigenvalue weighted by Gasteiger charge is 2.34. The van der Waals surface area contributed by atoms with Crippen molar-refractivity contribution in [2.75, 3.05) is 18.7 Å². The standard InChI is InChI=1S/C19H21ClFN5O3/c1-11(10-29-3)23-18(27)14-7-17(12-4-5-15(20)16(21)6-12)24-26(19(14)28)13-8-22-25(2)9-13/h4-9,11,17,24H,10H2,1-3H3,(H,23,27)/t11-,17?/m0/s1. The molecule has 0 bridgehead atoms. The number of aryl methyl sites for hydroxylation is 1. The number of carbonyl (C=O) groups excluding carboxylic acids is 2. The van der Waals surface area contributed by atoms with E-state index in [2.05, 4.69) is 15.8 Å². The lowest BCUT2D eigenvalue weighted by atomic mass is 10.0. The van der Waals surface area contributed by atoms with Crippen LogP contribution in [0.25, 0.3) is 0 Å². The van der Waals surface area contributed by atoms with Crippen molar-refractivity contribution in [1.82, 2.24) is 20.5 Å². The molecular weight excluding hydrogens is 401 g/mol. The minimum Gasteiger partial charge on any atom is -0.383 e. The number of benzene rings is 1. The molecule has 2 N–H and O–H groups in total. The molecule has 29 heavy (non-hydrogen) atoms. The number of hydrazine groups is 1. The summed E-state index contributed by atoms with van der Waals surface area (Å²) in [6.45, 7) is 2.06. The summed E-state index contributed by atoms with van der Waals surface area (Å²) in [5.74, 6) is -1.69. The summed E-state index contributed by atoms with van der Waals surface area (Å²) >= 11 is 5.77. The Kier molecular flexibility index (Phi) is 6.31. The van der Waals surface area contributed by atoms with Crippen LogP contribution in [-0.4, -0.2) is 41.4 Å². The maximum atomic E-state index is 14.0. The predicted octanol–water partition coefficient (Wildman–Crippen LogP) is 1.88. The van der Waals surface area contributed by atoms with E-state index < -0.39 is 23.7 Å². The van der Waals surface area contributed by atoms with Crippen molar-refractivity contribution >= 4 is 29.1 Å². The average Bonchev–Trinajstić information content (AvgIpc) is 3.10. The average molecular weight is 422 g/mol. The van der Waals surface area contributed by atoms with Gasteiger partial charge in [0.1, 0.15) is 11.4 Å². The molecule has 2 amide bonds. The van der Waals surface area contributed by atoms with E-state index in [1.165, 1.54) is 41.2 Å². The largest absolute Gasteiger partial charge is 0.383 e.